The first-order valence-corrected chi connectivity index (χ1v) is 12.4. The third-order valence-corrected chi connectivity index (χ3v) is 6.99. The van der Waals surface area contributed by atoms with Crippen LogP contribution in [0.4, 0.5) is 4.39 Å². The average Bonchev–Trinajstić information content (AvgIpc) is 2.78. The standard InChI is InChI=1S/C25H21FN2O3S2/c1-16-13-17(3-12-23(16)32)15-28-25(29)24(19-4-8-20(26)9-5-19)22(14-27-28)18-6-10-21(11-7-18)33(2,30)31/h3-14,32H,15H2,1-2H3. The molecule has 33 heavy (non-hydrogen) atoms. The van der Waals surface area contributed by atoms with E-state index in [0.29, 0.717) is 22.3 Å². The Morgan fingerprint density at radius 2 is 1.61 bits per heavy atom. The van der Waals surface area contributed by atoms with Crippen molar-refractivity contribution < 1.29 is 12.8 Å². The van der Waals surface area contributed by atoms with Gasteiger partial charge in [0.2, 0.25) is 0 Å². The Labute approximate surface area is 196 Å². The number of halogens is 1. The predicted octanol–water partition coefficient (Wildman–Crippen LogP) is 4.77. The van der Waals surface area contributed by atoms with Crippen LogP contribution in [-0.4, -0.2) is 24.5 Å². The summed E-state index contributed by atoms with van der Waals surface area (Å²) >= 11 is 4.39. The Morgan fingerprint density at radius 1 is 0.970 bits per heavy atom. The minimum atomic E-state index is -3.35. The largest absolute Gasteiger partial charge is 0.275 e. The summed E-state index contributed by atoms with van der Waals surface area (Å²) in [5.74, 6) is -0.408. The van der Waals surface area contributed by atoms with E-state index in [1.807, 2.05) is 25.1 Å². The number of benzene rings is 3. The van der Waals surface area contributed by atoms with Gasteiger partial charge in [0, 0.05) is 16.7 Å². The molecule has 0 aliphatic rings. The molecule has 0 saturated carbocycles. The first-order valence-electron chi connectivity index (χ1n) is 10.1. The maximum Gasteiger partial charge on any atom is 0.275 e. The summed E-state index contributed by atoms with van der Waals surface area (Å²) < 4.78 is 38.5. The monoisotopic (exact) mass is 480 g/mol. The molecule has 0 bridgehead atoms. The minimum Gasteiger partial charge on any atom is -0.267 e. The van der Waals surface area contributed by atoms with E-state index in [-0.39, 0.29) is 17.0 Å². The molecule has 0 spiro atoms. The summed E-state index contributed by atoms with van der Waals surface area (Å²) in [7, 11) is -3.35. The molecule has 0 saturated heterocycles. The first kappa shape index (κ1) is 22.9. The van der Waals surface area contributed by atoms with Crippen LogP contribution < -0.4 is 5.56 Å². The van der Waals surface area contributed by atoms with Crippen LogP contribution in [0.3, 0.4) is 0 Å². The summed E-state index contributed by atoms with van der Waals surface area (Å²) in [5, 5.41) is 4.37. The van der Waals surface area contributed by atoms with Crippen LogP contribution >= 0.6 is 12.6 Å². The summed E-state index contributed by atoms with van der Waals surface area (Å²) in [6.07, 6.45) is 2.71. The number of rotatable bonds is 5. The number of hydrogen-bond acceptors (Lipinski definition) is 5. The van der Waals surface area contributed by atoms with Gasteiger partial charge in [-0.25, -0.2) is 17.5 Å². The molecule has 0 aliphatic carbocycles. The van der Waals surface area contributed by atoms with Crippen molar-refractivity contribution in [2.24, 2.45) is 0 Å². The van der Waals surface area contributed by atoms with Crippen molar-refractivity contribution in [1.29, 1.82) is 0 Å². The first-order chi connectivity index (χ1) is 15.6. The minimum absolute atomic E-state index is 0.180. The van der Waals surface area contributed by atoms with Gasteiger partial charge in [0.25, 0.3) is 5.56 Å². The second-order valence-electron chi connectivity index (χ2n) is 7.82. The lowest BCUT2D eigenvalue weighted by Gasteiger charge is -2.14. The van der Waals surface area contributed by atoms with Gasteiger partial charge in [0.05, 0.1) is 23.2 Å². The van der Waals surface area contributed by atoms with Crippen molar-refractivity contribution in [2.45, 2.75) is 23.3 Å². The van der Waals surface area contributed by atoms with Gasteiger partial charge in [-0.1, -0.05) is 36.4 Å². The van der Waals surface area contributed by atoms with Crippen molar-refractivity contribution in [3.63, 3.8) is 0 Å². The predicted molar refractivity (Wildman–Crippen MR) is 130 cm³/mol. The number of sulfone groups is 1. The summed E-state index contributed by atoms with van der Waals surface area (Å²) in [5.41, 5.74) is 3.62. The topological polar surface area (TPSA) is 69.0 Å². The number of aromatic nitrogens is 2. The lowest BCUT2D eigenvalue weighted by molar-refractivity contribution is 0.602. The second kappa shape index (κ2) is 8.96. The Bertz CT molecular complexity index is 1490. The Morgan fingerprint density at radius 3 is 2.21 bits per heavy atom. The van der Waals surface area contributed by atoms with Gasteiger partial charge in [-0.3, -0.25) is 4.79 Å². The van der Waals surface area contributed by atoms with Crippen LogP contribution in [0.15, 0.2) is 87.5 Å². The molecule has 8 heteroatoms. The summed E-state index contributed by atoms with van der Waals surface area (Å²) in [6.45, 7) is 2.20. The molecule has 1 aromatic heterocycles. The molecule has 0 fully saturated rings. The maximum absolute atomic E-state index is 13.6. The number of aryl methyl sites for hydroxylation is 1. The summed E-state index contributed by atoms with van der Waals surface area (Å²) in [6, 6.07) is 17.7. The van der Waals surface area contributed by atoms with Crippen LogP contribution in [0, 0.1) is 12.7 Å². The van der Waals surface area contributed by atoms with E-state index >= 15 is 0 Å². The van der Waals surface area contributed by atoms with Gasteiger partial charge in [0.15, 0.2) is 9.84 Å². The van der Waals surface area contributed by atoms with E-state index in [0.717, 1.165) is 22.3 Å². The van der Waals surface area contributed by atoms with Crippen LogP contribution in [0.2, 0.25) is 0 Å². The van der Waals surface area contributed by atoms with E-state index in [4.69, 9.17) is 0 Å². The fraction of sp³-hybridized carbons (Fsp3) is 0.120. The maximum atomic E-state index is 13.6. The average molecular weight is 481 g/mol. The van der Waals surface area contributed by atoms with E-state index in [1.165, 1.54) is 28.9 Å². The van der Waals surface area contributed by atoms with E-state index < -0.39 is 15.7 Å². The normalized spacial score (nSPS) is 11.5. The van der Waals surface area contributed by atoms with Gasteiger partial charge in [-0.2, -0.15) is 5.10 Å². The van der Waals surface area contributed by atoms with Gasteiger partial charge in [0.1, 0.15) is 5.82 Å². The Kier molecular flexibility index (Phi) is 6.23. The molecule has 1 heterocycles. The van der Waals surface area contributed by atoms with Crippen LogP contribution in [-0.2, 0) is 16.4 Å². The molecule has 0 amide bonds. The van der Waals surface area contributed by atoms with Crippen molar-refractivity contribution in [3.8, 4) is 22.3 Å². The van der Waals surface area contributed by atoms with Crippen molar-refractivity contribution in [2.75, 3.05) is 6.26 Å². The highest BCUT2D eigenvalue weighted by molar-refractivity contribution is 7.90. The number of hydrogen-bond donors (Lipinski definition) is 1. The number of thiol groups is 1. The molecule has 168 valence electrons. The highest BCUT2D eigenvalue weighted by Gasteiger charge is 2.17. The second-order valence-corrected chi connectivity index (χ2v) is 10.3. The molecular formula is C25H21FN2O3S2. The fourth-order valence-corrected chi connectivity index (χ4v) is 4.36. The lowest BCUT2D eigenvalue weighted by Crippen LogP contribution is -2.25. The van der Waals surface area contributed by atoms with Crippen LogP contribution in [0.1, 0.15) is 11.1 Å². The van der Waals surface area contributed by atoms with Crippen molar-refractivity contribution in [3.05, 3.63) is 100 Å². The van der Waals surface area contributed by atoms with Crippen LogP contribution in [0.25, 0.3) is 22.3 Å². The van der Waals surface area contributed by atoms with Crippen molar-refractivity contribution in [1.82, 2.24) is 9.78 Å². The molecule has 0 N–H and O–H groups in total. The smallest absolute Gasteiger partial charge is 0.267 e. The third kappa shape index (κ3) is 4.91. The van der Waals surface area contributed by atoms with E-state index in [1.54, 1.807) is 30.5 Å². The molecule has 0 aliphatic heterocycles. The third-order valence-electron chi connectivity index (χ3n) is 5.36. The molecule has 3 aromatic carbocycles. The van der Waals surface area contributed by atoms with Gasteiger partial charge >= 0.3 is 0 Å². The lowest BCUT2D eigenvalue weighted by atomic mass is 9.97. The Balaban J connectivity index is 1.86. The molecule has 0 radical (unpaired) electrons. The van der Waals surface area contributed by atoms with Crippen molar-refractivity contribution >= 4 is 22.5 Å². The molecule has 5 nitrogen and oxygen atoms in total. The quantitative estimate of drug-likeness (QED) is 0.418. The molecule has 4 rings (SSSR count). The van der Waals surface area contributed by atoms with Gasteiger partial charge in [-0.15, -0.1) is 12.6 Å². The zero-order chi connectivity index (χ0) is 23.8. The SMILES string of the molecule is Cc1cc(Cn2ncc(-c3ccc(S(C)(=O)=O)cc3)c(-c3ccc(F)cc3)c2=O)ccc1S. The van der Waals surface area contributed by atoms with Gasteiger partial charge < -0.3 is 0 Å². The zero-order valence-corrected chi connectivity index (χ0v) is 19.7. The summed E-state index contributed by atoms with van der Waals surface area (Å²) in [4.78, 5) is 14.6. The molecular weight excluding hydrogens is 459 g/mol. The van der Waals surface area contributed by atoms with E-state index in [2.05, 4.69) is 17.7 Å². The van der Waals surface area contributed by atoms with E-state index in [9.17, 15) is 17.6 Å². The Hall–Kier alpha value is -3.23. The highest BCUT2D eigenvalue weighted by atomic mass is 32.2. The molecule has 0 unspecified atom stereocenters. The van der Waals surface area contributed by atoms with Crippen LogP contribution in [0.5, 0.6) is 0 Å². The highest BCUT2D eigenvalue weighted by Crippen LogP contribution is 2.30. The zero-order valence-electron chi connectivity index (χ0n) is 18.0. The fourth-order valence-electron chi connectivity index (χ4n) is 3.59. The molecule has 4 aromatic rings. The van der Waals surface area contributed by atoms with Gasteiger partial charge in [-0.05, 0) is 59.5 Å². The number of nitrogens with zero attached hydrogens (tertiary/aromatic N) is 2. The molecule has 0 atom stereocenters.